The van der Waals surface area contributed by atoms with Gasteiger partial charge in [0.2, 0.25) is 0 Å². The lowest BCUT2D eigenvalue weighted by molar-refractivity contribution is -0.275. The van der Waals surface area contributed by atoms with Gasteiger partial charge in [-0.3, -0.25) is 9.36 Å². The largest absolute Gasteiger partial charge is 0.573 e. The van der Waals surface area contributed by atoms with E-state index in [2.05, 4.69) is 9.84 Å². The van der Waals surface area contributed by atoms with Crippen molar-refractivity contribution < 1.29 is 58.6 Å². The van der Waals surface area contributed by atoms with Gasteiger partial charge in [-0.2, -0.15) is 13.2 Å². The van der Waals surface area contributed by atoms with Crippen LogP contribution in [0, 0.1) is 0 Å². The standard InChI is InChI=1S/C16H14ClF3N2O4.C12H11F3N4O6S/c1-8(2)26-14(24)10-6-9(4-5-11(10)17)22-13(23)7-12(16(18,19)20)21(3)15(22)25;1-18-10(24-2)16-19(11(18)21)9(20)17-26(22,23)8-6-4-3-5-7(8)25-12(13,14)15/h4-8H,1-3H3;3-6H,1-2H3,(H,17,20). The van der Waals surface area contributed by atoms with Crippen LogP contribution in [0.1, 0.15) is 29.9 Å². The van der Waals surface area contributed by atoms with Crippen LogP contribution < -0.4 is 31.1 Å². The number of hydrogen-bond donors (Lipinski definition) is 1. The van der Waals surface area contributed by atoms with Crippen LogP contribution in [0.2, 0.25) is 5.02 Å². The molecular formula is C28H25ClF6N6O10S. The van der Waals surface area contributed by atoms with E-state index in [0.717, 1.165) is 49.1 Å². The van der Waals surface area contributed by atoms with E-state index in [4.69, 9.17) is 21.1 Å². The number of alkyl halides is 6. The monoisotopic (exact) mass is 786 g/mol. The molecule has 282 valence electrons. The summed E-state index contributed by atoms with van der Waals surface area (Å²) in [5.74, 6) is -1.84. The van der Waals surface area contributed by atoms with Crippen molar-refractivity contribution in [1.82, 2.24) is 28.2 Å². The van der Waals surface area contributed by atoms with Gasteiger partial charge in [-0.1, -0.05) is 23.7 Å². The third-order valence-corrected chi connectivity index (χ3v) is 7.97. The molecule has 1 amide bonds. The van der Waals surface area contributed by atoms with Crippen molar-refractivity contribution in [1.29, 1.82) is 0 Å². The van der Waals surface area contributed by atoms with Crippen LogP contribution in [-0.4, -0.2) is 63.5 Å². The summed E-state index contributed by atoms with van der Waals surface area (Å²) in [7, 11) is -1.55. The van der Waals surface area contributed by atoms with Crippen molar-refractivity contribution in [3.05, 3.63) is 96.1 Å². The summed E-state index contributed by atoms with van der Waals surface area (Å²) in [4.78, 5) is 59.3. The van der Waals surface area contributed by atoms with Crippen LogP contribution in [0.4, 0.5) is 31.1 Å². The van der Waals surface area contributed by atoms with Gasteiger partial charge in [-0.05, 0) is 44.2 Å². The molecule has 0 aliphatic heterocycles. The highest BCUT2D eigenvalue weighted by Crippen LogP contribution is 2.29. The van der Waals surface area contributed by atoms with E-state index in [-0.39, 0.29) is 27.0 Å². The molecule has 0 saturated heterocycles. The molecule has 0 spiro atoms. The van der Waals surface area contributed by atoms with Crippen LogP contribution in [0.3, 0.4) is 0 Å². The number of nitrogens with one attached hydrogen (secondary N) is 1. The quantitative estimate of drug-likeness (QED) is 0.214. The fraction of sp³-hybridized carbons (Fsp3) is 0.286. The van der Waals surface area contributed by atoms with Crippen molar-refractivity contribution >= 4 is 33.6 Å². The number of carbonyl (C=O) groups is 2. The lowest BCUT2D eigenvalue weighted by Crippen LogP contribution is -2.40. The Kier molecular flexibility index (Phi) is 12.1. The van der Waals surface area contributed by atoms with Gasteiger partial charge in [-0.25, -0.2) is 41.5 Å². The van der Waals surface area contributed by atoms with E-state index in [1.807, 2.05) is 0 Å². The van der Waals surface area contributed by atoms with Crippen molar-refractivity contribution in [2.45, 2.75) is 37.4 Å². The summed E-state index contributed by atoms with van der Waals surface area (Å²) in [5.41, 5.74) is -5.04. The number of methoxy groups -OCH3 is 1. The molecule has 4 rings (SSSR count). The fourth-order valence-corrected chi connectivity index (χ4v) is 5.30. The van der Waals surface area contributed by atoms with Crippen molar-refractivity contribution in [3.8, 4) is 17.4 Å². The summed E-state index contributed by atoms with van der Waals surface area (Å²) >= 11 is 5.94. The molecule has 0 aliphatic rings. The molecule has 0 aliphatic carbocycles. The zero-order valence-corrected chi connectivity index (χ0v) is 28.6. The number of sulfonamides is 1. The van der Waals surface area contributed by atoms with Gasteiger partial charge in [0.05, 0.1) is 29.5 Å². The van der Waals surface area contributed by atoms with Crippen molar-refractivity contribution in [2.75, 3.05) is 7.11 Å². The van der Waals surface area contributed by atoms with Crippen molar-refractivity contribution in [3.63, 3.8) is 0 Å². The summed E-state index contributed by atoms with van der Waals surface area (Å²) in [5, 5.41) is 3.45. The number of amides is 1. The van der Waals surface area contributed by atoms with E-state index in [1.54, 1.807) is 13.8 Å². The molecular weight excluding hydrogens is 762 g/mol. The van der Waals surface area contributed by atoms with Gasteiger partial charge in [0.25, 0.3) is 15.6 Å². The van der Waals surface area contributed by atoms with Gasteiger partial charge in [0.1, 0.15) is 16.3 Å². The molecule has 0 saturated carbocycles. The maximum Gasteiger partial charge on any atom is 0.573 e. The molecule has 0 bridgehead atoms. The summed E-state index contributed by atoms with van der Waals surface area (Å²) in [6.07, 6.45) is -10.5. The van der Waals surface area contributed by atoms with E-state index < -0.39 is 73.9 Å². The van der Waals surface area contributed by atoms with Crippen LogP contribution in [0.5, 0.6) is 11.8 Å². The number of carbonyl (C=O) groups excluding carboxylic acids is 2. The number of aromatic nitrogens is 5. The number of nitrogens with zero attached hydrogens (tertiary/aromatic N) is 5. The molecule has 52 heavy (non-hydrogen) atoms. The summed E-state index contributed by atoms with van der Waals surface area (Å²) < 4.78 is 117. The van der Waals surface area contributed by atoms with Crippen LogP contribution >= 0.6 is 11.6 Å². The van der Waals surface area contributed by atoms with Gasteiger partial charge in [0, 0.05) is 20.2 Å². The molecule has 2 aromatic carbocycles. The SMILES string of the molecule is CC(C)OC(=O)c1cc(-n2c(=O)cc(C(F)(F)F)n(C)c2=O)ccc1Cl.COc1nn(C(=O)NS(=O)(=O)c2ccccc2OC(F)(F)F)c(=O)n1C. The van der Waals surface area contributed by atoms with E-state index in [9.17, 15) is 58.7 Å². The first-order valence-electron chi connectivity index (χ1n) is 13.9. The lowest BCUT2D eigenvalue weighted by atomic mass is 10.2. The number of rotatable bonds is 7. The van der Waals surface area contributed by atoms with Crippen molar-refractivity contribution in [2.24, 2.45) is 14.1 Å². The second-order valence-corrected chi connectivity index (χ2v) is 12.4. The Balaban J connectivity index is 0.000000280. The second-order valence-electron chi connectivity index (χ2n) is 10.3. The smallest absolute Gasteiger partial charge is 0.467 e. The number of benzene rings is 2. The predicted octanol–water partition coefficient (Wildman–Crippen LogP) is 3.21. The maximum atomic E-state index is 12.9. The number of ether oxygens (including phenoxy) is 3. The molecule has 2 aromatic heterocycles. The second kappa shape index (κ2) is 15.3. The highest BCUT2D eigenvalue weighted by atomic mass is 35.5. The highest BCUT2D eigenvalue weighted by molar-refractivity contribution is 7.90. The Morgan fingerprint density at radius 3 is 2.08 bits per heavy atom. The first-order valence-corrected chi connectivity index (χ1v) is 15.8. The Morgan fingerprint density at radius 2 is 1.54 bits per heavy atom. The van der Waals surface area contributed by atoms with Gasteiger partial charge in [-0.15, -0.1) is 23.0 Å². The molecule has 4 aromatic rings. The van der Waals surface area contributed by atoms with Crippen LogP contribution in [-0.2, 0) is 35.0 Å². The summed E-state index contributed by atoms with van der Waals surface area (Å²) in [6, 6.07) is 5.88. The molecule has 0 radical (unpaired) electrons. The molecule has 1 N–H and O–H groups in total. The number of halogens is 7. The molecule has 2 heterocycles. The average Bonchev–Trinajstić information content (AvgIpc) is 3.31. The Labute approximate surface area is 292 Å². The fourth-order valence-electron chi connectivity index (χ4n) is 4.05. The van der Waals surface area contributed by atoms with Crippen LogP contribution in [0.25, 0.3) is 5.69 Å². The first-order chi connectivity index (χ1) is 23.9. The molecule has 0 unspecified atom stereocenters. The number of esters is 1. The lowest BCUT2D eigenvalue weighted by Gasteiger charge is -2.15. The van der Waals surface area contributed by atoms with E-state index in [0.29, 0.717) is 15.2 Å². The van der Waals surface area contributed by atoms with E-state index >= 15 is 0 Å². The first kappa shape index (κ1) is 40.8. The molecule has 16 nitrogen and oxygen atoms in total. The van der Waals surface area contributed by atoms with Gasteiger partial charge < -0.3 is 14.2 Å². The Hall–Kier alpha value is -5.58. The average molecular weight is 787 g/mol. The number of hydrogen-bond acceptors (Lipinski definition) is 11. The Morgan fingerprint density at radius 1 is 0.923 bits per heavy atom. The molecule has 0 atom stereocenters. The minimum absolute atomic E-state index is 0.0104. The Bertz CT molecular complexity index is 2300. The molecule has 0 fully saturated rings. The van der Waals surface area contributed by atoms with Gasteiger partial charge in [0.15, 0.2) is 0 Å². The summed E-state index contributed by atoms with van der Waals surface area (Å²) in [6.45, 7) is 3.23. The van der Waals surface area contributed by atoms with Gasteiger partial charge >= 0.3 is 41.9 Å². The zero-order valence-electron chi connectivity index (χ0n) is 27.1. The number of para-hydroxylation sites is 1. The molecule has 24 heteroatoms. The predicted molar refractivity (Wildman–Crippen MR) is 166 cm³/mol. The van der Waals surface area contributed by atoms with Crippen LogP contribution in [0.15, 0.2) is 67.8 Å². The minimum Gasteiger partial charge on any atom is -0.467 e. The zero-order chi connectivity index (χ0) is 39.5. The minimum atomic E-state index is -5.15. The topological polar surface area (TPSA) is 192 Å². The third kappa shape index (κ3) is 9.39. The highest BCUT2D eigenvalue weighted by Gasteiger charge is 2.36. The third-order valence-electron chi connectivity index (χ3n) is 6.28. The normalized spacial score (nSPS) is 11.8. The maximum absolute atomic E-state index is 12.9. The van der Waals surface area contributed by atoms with E-state index in [1.165, 1.54) is 23.9 Å².